The highest BCUT2D eigenvalue weighted by molar-refractivity contribution is 7.81. The van der Waals surface area contributed by atoms with Gasteiger partial charge >= 0.3 is 11.9 Å². The molecule has 5 N–H and O–H groups in total. The second kappa shape index (κ2) is 8.28. The number of rotatable bonds is 6. The van der Waals surface area contributed by atoms with Gasteiger partial charge in [-0.2, -0.15) is 12.6 Å². The molecule has 0 aromatic heterocycles. The molecule has 29 heavy (non-hydrogen) atoms. The van der Waals surface area contributed by atoms with Gasteiger partial charge < -0.3 is 21.3 Å². The predicted octanol–water partition coefficient (Wildman–Crippen LogP) is 3.58. The summed E-state index contributed by atoms with van der Waals surface area (Å²) < 4.78 is 4.46. The molecule has 0 spiro atoms. The summed E-state index contributed by atoms with van der Waals surface area (Å²) in [6, 6.07) is 19.8. The predicted molar refractivity (Wildman–Crippen MR) is 115 cm³/mol. The Morgan fingerprint density at radius 3 is 1.72 bits per heavy atom. The molecule has 0 atom stereocenters. The average molecular weight is 408 g/mol. The third kappa shape index (κ3) is 4.20. The highest BCUT2D eigenvalue weighted by Crippen LogP contribution is 2.42. The minimum absolute atomic E-state index is 0.0826. The van der Waals surface area contributed by atoms with E-state index in [1.165, 1.54) is 24.3 Å². The Hall–Kier alpha value is -3.45. The number of thiol groups is 1. The molecular formula is C22H20N2O4S. The van der Waals surface area contributed by atoms with Crippen LogP contribution in [0.3, 0.4) is 0 Å². The monoisotopic (exact) mass is 408 g/mol. The summed E-state index contributed by atoms with van der Waals surface area (Å²) in [5, 5.41) is 8.98. The number of esters is 1. The standard InChI is InChI=1S/C22H20N2O4S/c23-18-7-3-1-5-16(18)22(29,17-6-2-4-8-19(17)24)13-28-21(27)15-11-9-14(10-12-15)20(25)26/h1-12,29H,13,23-24H2,(H,25,26). The third-order valence-corrected chi connectivity index (χ3v) is 5.20. The first-order chi connectivity index (χ1) is 13.8. The Morgan fingerprint density at radius 2 is 1.28 bits per heavy atom. The maximum Gasteiger partial charge on any atom is 0.338 e. The van der Waals surface area contributed by atoms with E-state index in [9.17, 15) is 9.59 Å². The van der Waals surface area contributed by atoms with Crippen molar-refractivity contribution in [2.75, 3.05) is 18.1 Å². The zero-order valence-corrected chi connectivity index (χ0v) is 16.3. The molecule has 0 bridgehead atoms. The smallest absolute Gasteiger partial charge is 0.338 e. The molecule has 7 heteroatoms. The van der Waals surface area contributed by atoms with Gasteiger partial charge in [-0.15, -0.1) is 0 Å². The van der Waals surface area contributed by atoms with Crippen molar-refractivity contribution < 1.29 is 19.4 Å². The van der Waals surface area contributed by atoms with Gasteiger partial charge in [-0.1, -0.05) is 36.4 Å². The summed E-state index contributed by atoms with van der Waals surface area (Å²) in [7, 11) is 0. The molecule has 0 aliphatic carbocycles. The number of hydrogen-bond donors (Lipinski definition) is 4. The lowest BCUT2D eigenvalue weighted by Crippen LogP contribution is -2.30. The zero-order valence-electron chi connectivity index (χ0n) is 15.4. The van der Waals surface area contributed by atoms with Crippen molar-refractivity contribution in [1.29, 1.82) is 0 Å². The number of ether oxygens (including phenoxy) is 1. The lowest BCUT2D eigenvalue weighted by molar-refractivity contribution is 0.0478. The van der Waals surface area contributed by atoms with Crippen LogP contribution in [0, 0.1) is 0 Å². The van der Waals surface area contributed by atoms with Gasteiger partial charge in [-0.3, -0.25) is 0 Å². The van der Waals surface area contributed by atoms with Crippen molar-refractivity contribution in [2.24, 2.45) is 0 Å². The molecule has 148 valence electrons. The number of anilines is 2. The van der Waals surface area contributed by atoms with E-state index < -0.39 is 16.7 Å². The van der Waals surface area contributed by atoms with Crippen LogP contribution in [0.1, 0.15) is 31.8 Å². The summed E-state index contributed by atoms with van der Waals surface area (Å²) in [6.07, 6.45) is 0. The van der Waals surface area contributed by atoms with Crippen LogP contribution in [0.25, 0.3) is 0 Å². The van der Waals surface area contributed by atoms with E-state index in [0.717, 1.165) is 0 Å². The molecule has 0 saturated heterocycles. The van der Waals surface area contributed by atoms with E-state index in [0.29, 0.717) is 22.5 Å². The molecule has 3 rings (SSSR count). The molecule has 0 unspecified atom stereocenters. The highest BCUT2D eigenvalue weighted by Gasteiger charge is 2.35. The molecule has 0 amide bonds. The molecule has 0 radical (unpaired) electrons. The fourth-order valence-corrected chi connectivity index (χ4v) is 3.52. The van der Waals surface area contributed by atoms with E-state index >= 15 is 0 Å². The van der Waals surface area contributed by atoms with Crippen LogP contribution in [0.4, 0.5) is 11.4 Å². The fraction of sp³-hybridized carbons (Fsp3) is 0.0909. The quantitative estimate of drug-likeness (QED) is 0.281. The van der Waals surface area contributed by atoms with Crippen LogP contribution < -0.4 is 11.5 Å². The van der Waals surface area contributed by atoms with Crippen LogP contribution >= 0.6 is 12.6 Å². The fourth-order valence-electron chi connectivity index (χ4n) is 3.05. The second-order valence-corrected chi connectivity index (χ2v) is 7.26. The van der Waals surface area contributed by atoms with Crippen LogP contribution in [-0.2, 0) is 9.48 Å². The Bertz CT molecular complexity index is 1010. The third-order valence-electron chi connectivity index (χ3n) is 4.59. The van der Waals surface area contributed by atoms with Gasteiger partial charge in [0, 0.05) is 11.4 Å². The normalized spacial score (nSPS) is 11.1. The van der Waals surface area contributed by atoms with Crippen molar-refractivity contribution in [2.45, 2.75) is 4.75 Å². The summed E-state index contributed by atoms with van der Waals surface area (Å²) in [5.74, 6) is -1.68. The zero-order chi connectivity index (χ0) is 21.0. The van der Waals surface area contributed by atoms with Gasteiger partial charge in [0.1, 0.15) is 11.4 Å². The van der Waals surface area contributed by atoms with E-state index in [-0.39, 0.29) is 17.7 Å². The number of carbonyl (C=O) groups excluding carboxylic acids is 1. The van der Waals surface area contributed by atoms with E-state index in [4.69, 9.17) is 33.9 Å². The van der Waals surface area contributed by atoms with Crippen LogP contribution in [-0.4, -0.2) is 23.7 Å². The van der Waals surface area contributed by atoms with E-state index in [1.807, 2.05) is 24.3 Å². The number of benzene rings is 3. The molecule has 0 aliphatic rings. The number of carboxylic acid groups (broad SMARTS) is 1. The minimum atomic E-state index is -1.08. The van der Waals surface area contributed by atoms with Crippen molar-refractivity contribution in [3.05, 3.63) is 95.1 Å². The Balaban J connectivity index is 1.92. The van der Waals surface area contributed by atoms with Crippen molar-refractivity contribution >= 4 is 35.9 Å². The lowest BCUT2D eigenvalue weighted by atomic mass is 9.88. The number of para-hydroxylation sites is 2. The van der Waals surface area contributed by atoms with Crippen molar-refractivity contribution in [1.82, 2.24) is 0 Å². The lowest BCUT2D eigenvalue weighted by Gasteiger charge is -2.31. The maximum absolute atomic E-state index is 12.5. The molecule has 3 aromatic rings. The first-order valence-electron chi connectivity index (χ1n) is 8.76. The number of hydrogen-bond acceptors (Lipinski definition) is 6. The van der Waals surface area contributed by atoms with Crippen LogP contribution in [0.2, 0.25) is 0 Å². The average Bonchev–Trinajstić information content (AvgIpc) is 2.72. The largest absolute Gasteiger partial charge is 0.478 e. The molecule has 0 fully saturated rings. The Kier molecular flexibility index (Phi) is 5.79. The minimum Gasteiger partial charge on any atom is -0.478 e. The van der Waals surface area contributed by atoms with Crippen molar-refractivity contribution in [3.8, 4) is 0 Å². The number of nitrogen functional groups attached to an aromatic ring is 2. The second-order valence-electron chi connectivity index (χ2n) is 6.49. The maximum atomic E-state index is 12.5. The van der Waals surface area contributed by atoms with Gasteiger partial charge in [-0.25, -0.2) is 9.59 Å². The summed E-state index contributed by atoms with van der Waals surface area (Å²) in [5.41, 5.74) is 15.0. The molecular weight excluding hydrogens is 388 g/mol. The number of nitrogens with two attached hydrogens (primary N) is 2. The first kappa shape index (κ1) is 20.3. The number of carbonyl (C=O) groups is 2. The SMILES string of the molecule is Nc1ccccc1C(S)(COC(=O)c1ccc(C(=O)O)cc1)c1ccccc1N. The van der Waals surface area contributed by atoms with Crippen molar-refractivity contribution in [3.63, 3.8) is 0 Å². The number of aromatic carboxylic acids is 1. The Labute approximate surface area is 173 Å². The van der Waals surface area contributed by atoms with Gasteiger partial charge in [0.25, 0.3) is 0 Å². The van der Waals surface area contributed by atoms with E-state index in [1.54, 1.807) is 24.3 Å². The molecule has 6 nitrogen and oxygen atoms in total. The van der Waals surface area contributed by atoms with Crippen LogP contribution in [0.15, 0.2) is 72.8 Å². The molecule has 3 aromatic carbocycles. The molecule has 0 heterocycles. The van der Waals surface area contributed by atoms with E-state index in [2.05, 4.69) is 0 Å². The van der Waals surface area contributed by atoms with Gasteiger partial charge in [-0.05, 0) is 47.5 Å². The topological polar surface area (TPSA) is 116 Å². The molecule has 0 saturated carbocycles. The summed E-state index contributed by atoms with van der Waals surface area (Å²) >= 11 is 4.85. The van der Waals surface area contributed by atoms with Gasteiger partial charge in [0.05, 0.1) is 11.1 Å². The van der Waals surface area contributed by atoms with Crippen LogP contribution in [0.5, 0.6) is 0 Å². The first-order valence-corrected chi connectivity index (χ1v) is 9.20. The summed E-state index contributed by atoms with van der Waals surface area (Å²) in [6.45, 7) is -0.127. The van der Waals surface area contributed by atoms with Gasteiger partial charge in [0.2, 0.25) is 0 Å². The molecule has 0 aliphatic heterocycles. The Morgan fingerprint density at radius 1 is 0.828 bits per heavy atom. The highest BCUT2D eigenvalue weighted by atomic mass is 32.1. The number of carboxylic acids is 1. The summed E-state index contributed by atoms with van der Waals surface area (Å²) in [4.78, 5) is 23.5. The van der Waals surface area contributed by atoms with Gasteiger partial charge in [0.15, 0.2) is 0 Å².